The molecule has 0 saturated carbocycles. The first-order valence-electron chi connectivity index (χ1n) is 4.37. The van der Waals surface area contributed by atoms with E-state index >= 15 is 0 Å². The molecule has 0 bridgehead atoms. The first kappa shape index (κ1) is 9.52. The minimum atomic E-state index is 0.892. The number of rotatable bonds is 4. The molecule has 0 atom stereocenters. The molecule has 1 aromatic rings. The lowest BCUT2D eigenvalue weighted by Gasteiger charge is -2.00. The molecule has 1 aromatic carbocycles. The molecule has 0 fully saturated rings. The van der Waals surface area contributed by atoms with E-state index in [9.17, 15) is 0 Å². The van der Waals surface area contributed by atoms with Crippen molar-refractivity contribution in [2.75, 3.05) is 5.43 Å². The Morgan fingerprint density at radius 2 is 2.15 bits per heavy atom. The van der Waals surface area contributed by atoms with Crippen LogP contribution in [0.25, 0.3) is 0 Å². The molecular weight excluding hydrogens is 160 g/mol. The molecule has 1 N–H and O–H groups in total. The van der Waals surface area contributed by atoms with Crippen LogP contribution >= 0.6 is 0 Å². The van der Waals surface area contributed by atoms with Gasteiger partial charge < -0.3 is 0 Å². The van der Waals surface area contributed by atoms with Crippen LogP contribution in [0.1, 0.15) is 13.3 Å². The van der Waals surface area contributed by atoms with Crippen molar-refractivity contribution < 1.29 is 0 Å². The minimum absolute atomic E-state index is 0.892. The Bertz CT molecular complexity index is 288. The highest BCUT2D eigenvalue weighted by molar-refractivity contribution is 5.94. The van der Waals surface area contributed by atoms with Gasteiger partial charge in [0.2, 0.25) is 0 Å². The van der Waals surface area contributed by atoms with Gasteiger partial charge in [-0.1, -0.05) is 31.7 Å². The Morgan fingerprint density at radius 3 is 2.69 bits per heavy atom. The Morgan fingerprint density at radius 1 is 1.46 bits per heavy atom. The van der Waals surface area contributed by atoms with Crippen molar-refractivity contribution in [2.45, 2.75) is 13.3 Å². The van der Waals surface area contributed by atoms with E-state index in [-0.39, 0.29) is 0 Å². The lowest BCUT2D eigenvalue weighted by Crippen LogP contribution is -1.96. The van der Waals surface area contributed by atoms with Crippen molar-refractivity contribution in [3.05, 3.63) is 43.0 Å². The van der Waals surface area contributed by atoms with Crippen molar-refractivity contribution in [3.63, 3.8) is 0 Å². The number of anilines is 1. The average molecular weight is 174 g/mol. The number of benzene rings is 1. The summed E-state index contributed by atoms with van der Waals surface area (Å²) in [5.41, 5.74) is 4.92. The van der Waals surface area contributed by atoms with E-state index < -0.39 is 0 Å². The van der Waals surface area contributed by atoms with E-state index in [0.29, 0.717) is 0 Å². The number of nitrogens with zero attached hydrogens (tertiary/aromatic N) is 1. The van der Waals surface area contributed by atoms with E-state index in [1.807, 2.05) is 37.3 Å². The fourth-order valence-corrected chi connectivity index (χ4v) is 0.918. The molecule has 13 heavy (non-hydrogen) atoms. The standard InChI is InChI=1S/C11H14N2/c1-3-10(4-2)12-13-11-8-6-5-7-9-11/h3,5-9,13H,1,4H2,2H3/b12-10-. The molecular formula is C11H14N2. The summed E-state index contributed by atoms with van der Waals surface area (Å²) in [7, 11) is 0. The molecule has 0 amide bonds. The maximum atomic E-state index is 4.18. The summed E-state index contributed by atoms with van der Waals surface area (Å²) in [6, 6.07) is 9.86. The fourth-order valence-electron chi connectivity index (χ4n) is 0.918. The van der Waals surface area contributed by atoms with Gasteiger partial charge in [-0.05, 0) is 24.6 Å². The number of allylic oxidation sites excluding steroid dienone is 1. The first-order chi connectivity index (χ1) is 6.36. The summed E-state index contributed by atoms with van der Waals surface area (Å²) >= 11 is 0. The molecule has 0 aliphatic rings. The van der Waals surface area contributed by atoms with Crippen LogP contribution in [0.3, 0.4) is 0 Å². The van der Waals surface area contributed by atoms with Crippen LogP contribution in [0.15, 0.2) is 48.1 Å². The third-order valence-electron chi connectivity index (χ3n) is 1.70. The van der Waals surface area contributed by atoms with Gasteiger partial charge >= 0.3 is 0 Å². The average Bonchev–Trinajstić information content (AvgIpc) is 2.21. The Kier molecular flexibility index (Phi) is 3.76. The molecule has 0 aromatic heterocycles. The zero-order valence-corrected chi connectivity index (χ0v) is 7.83. The SMILES string of the molecule is C=C/C(CC)=N/Nc1ccccc1. The molecule has 0 radical (unpaired) electrons. The predicted octanol–water partition coefficient (Wildman–Crippen LogP) is 3.05. The third kappa shape index (κ3) is 3.11. The highest BCUT2D eigenvalue weighted by Gasteiger charge is 1.88. The number of nitrogens with one attached hydrogen (secondary N) is 1. The van der Waals surface area contributed by atoms with Crippen LogP contribution in [0, 0.1) is 0 Å². The number of hydrogen-bond donors (Lipinski definition) is 1. The van der Waals surface area contributed by atoms with E-state index in [1.165, 1.54) is 0 Å². The molecule has 0 aliphatic carbocycles. The molecule has 0 heterocycles. The zero-order chi connectivity index (χ0) is 9.52. The normalized spacial score (nSPS) is 11.0. The molecule has 0 unspecified atom stereocenters. The van der Waals surface area contributed by atoms with E-state index in [0.717, 1.165) is 17.8 Å². The molecule has 2 nitrogen and oxygen atoms in total. The van der Waals surface area contributed by atoms with Gasteiger partial charge in [-0.3, -0.25) is 5.43 Å². The van der Waals surface area contributed by atoms with Gasteiger partial charge in [0.05, 0.1) is 11.4 Å². The van der Waals surface area contributed by atoms with Gasteiger partial charge in [0.25, 0.3) is 0 Å². The van der Waals surface area contributed by atoms with Gasteiger partial charge in [-0.2, -0.15) is 5.10 Å². The molecule has 0 spiro atoms. The summed E-state index contributed by atoms with van der Waals surface area (Å²) in [5, 5.41) is 4.18. The smallest absolute Gasteiger partial charge is 0.0598 e. The molecule has 68 valence electrons. The van der Waals surface area contributed by atoms with Gasteiger partial charge in [-0.15, -0.1) is 0 Å². The monoisotopic (exact) mass is 174 g/mol. The summed E-state index contributed by atoms with van der Waals surface area (Å²) < 4.78 is 0. The zero-order valence-electron chi connectivity index (χ0n) is 7.83. The minimum Gasteiger partial charge on any atom is -0.278 e. The number of hydrogen-bond acceptors (Lipinski definition) is 2. The number of para-hydroxylation sites is 1. The highest BCUT2D eigenvalue weighted by atomic mass is 15.3. The second-order valence-electron chi connectivity index (χ2n) is 2.64. The van der Waals surface area contributed by atoms with Gasteiger partial charge in [-0.25, -0.2) is 0 Å². The third-order valence-corrected chi connectivity index (χ3v) is 1.70. The van der Waals surface area contributed by atoms with E-state index in [2.05, 4.69) is 17.1 Å². The van der Waals surface area contributed by atoms with Crippen LogP contribution in [0.4, 0.5) is 5.69 Å². The van der Waals surface area contributed by atoms with Crippen LogP contribution in [0.5, 0.6) is 0 Å². The molecule has 0 aliphatic heterocycles. The van der Waals surface area contributed by atoms with Crippen molar-refractivity contribution >= 4 is 11.4 Å². The van der Waals surface area contributed by atoms with Crippen molar-refractivity contribution in [2.24, 2.45) is 5.10 Å². The molecule has 0 saturated heterocycles. The van der Waals surface area contributed by atoms with Gasteiger partial charge in [0, 0.05) is 0 Å². The lowest BCUT2D eigenvalue weighted by molar-refractivity contribution is 1.23. The van der Waals surface area contributed by atoms with Crippen molar-refractivity contribution in [1.29, 1.82) is 0 Å². The summed E-state index contributed by atoms with van der Waals surface area (Å²) in [6.45, 7) is 5.72. The van der Waals surface area contributed by atoms with Crippen LogP contribution in [-0.2, 0) is 0 Å². The second kappa shape index (κ2) is 5.14. The molecule has 1 rings (SSSR count). The van der Waals surface area contributed by atoms with Crippen LogP contribution < -0.4 is 5.43 Å². The summed E-state index contributed by atoms with van der Waals surface area (Å²) in [6.07, 6.45) is 2.65. The van der Waals surface area contributed by atoms with Crippen molar-refractivity contribution in [1.82, 2.24) is 0 Å². The van der Waals surface area contributed by atoms with Gasteiger partial charge in [0.1, 0.15) is 0 Å². The first-order valence-corrected chi connectivity index (χ1v) is 4.37. The Labute approximate surface area is 79.0 Å². The summed E-state index contributed by atoms with van der Waals surface area (Å²) in [5.74, 6) is 0. The maximum Gasteiger partial charge on any atom is 0.0598 e. The van der Waals surface area contributed by atoms with E-state index in [4.69, 9.17) is 0 Å². The predicted molar refractivity (Wildman–Crippen MR) is 58.0 cm³/mol. The van der Waals surface area contributed by atoms with E-state index in [1.54, 1.807) is 6.08 Å². The quantitative estimate of drug-likeness (QED) is 0.550. The Balaban J connectivity index is 2.60. The lowest BCUT2D eigenvalue weighted by atomic mass is 10.3. The maximum absolute atomic E-state index is 4.18. The van der Waals surface area contributed by atoms with Crippen LogP contribution in [-0.4, -0.2) is 5.71 Å². The second-order valence-corrected chi connectivity index (χ2v) is 2.64. The van der Waals surface area contributed by atoms with Crippen molar-refractivity contribution in [3.8, 4) is 0 Å². The number of hydrazone groups is 1. The fraction of sp³-hybridized carbons (Fsp3) is 0.182. The largest absolute Gasteiger partial charge is 0.278 e. The molecule has 2 heteroatoms. The highest BCUT2D eigenvalue weighted by Crippen LogP contribution is 2.04. The topological polar surface area (TPSA) is 24.4 Å². The van der Waals surface area contributed by atoms with Gasteiger partial charge in [0.15, 0.2) is 0 Å². The summed E-state index contributed by atoms with van der Waals surface area (Å²) in [4.78, 5) is 0. The Hall–Kier alpha value is -1.57. The van der Waals surface area contributed by atoms with Crippen LogP contribution in [0.2, 0.25) is 0 Å².